The van der Waals surface area contributed by atoms with Crippen molar-refractivity contribution in [3.63, 3.8) is 0 Å². The molecule has 0 aliphatic rings. The van der Waals surface area contributed by atoms with Crippen LogP contribution in [0.25, 0.3) is 0 Å². The van der Waals surface area contributed by atoms with Crippen molar-refractivity contribution >= 4 is 63.9 Å². The molecule has 0 heterocycles. The minimum absolute atomic E-state index is 0.0229. The molecule has 7 heteroatoms. The molecule has 0 aliphatic carbocycles. The van der Waals surface area contributed by atoms with Crippen LogP contribution in [-0.2, 0) is 4.79 Å². The lowest BCUT2D eigenvalue weighted by molar-refractivity contribution is -0.115. The smallest absolute Gasteiger partial charge is 0.225 e. The Bertz CT molecular complexity index is 1020. The van der Waals surface area contributed by atoms with Crippen LogP contribution in [0.4, 0.5) is 5.69 Å². The third kappa shape index (κ3) is 7.58. The van der Waals surface area contributed by atoms with E-state index in [9.17, 15) is 9.59 Å². The van der Waals surface area contributed by atoms with Crippen LogP contribution in [0.2, 0.25) is 15.1 Å². The quantitative estimate of drug-likeness (QED) is 0.311. The molecule has 0 aromatic heterocycles. The maximum Gasteiger partial charge on any atom is 0.225 e. The average Bonchev–Trinajstić information content (AvgIpc) is 2.75. The van der Waals surface area contributed by atoms with Crippen LogP contribution in [0, 0.1) is 0 Å². The molecule has 0 aliphatic heterocycles. The van der Waals surface area contributed by atoms with E-state index in [-0.39, 0.29) is 16.9 Å². The van der Waals surface area contributed by atoms with Gasteiger partial charge in [-0.3, -0.25) is 9.59 Å². The van der Waals surface area contributed by atoms with Crippen LogP contribution >= 0.6 is 46.6 Å². The van der Waals surface area contributed by atoms with Crippen molar-refractivity contribution in [1.29, 1.82) is 0 Å². The van der Waals surface area contributed by atoms with E-state index in [4.69, 9.17) is 34.8 Å². The number of Topliss-reactive ketones (excluding diaryl/α,β-unsaturated/α-hetero) is 1. The van der Waals surface area contributed by atoms with Crippen molar-refractivity contribution in [2.45, 2.75) is 18.1 Å². The fraction of sp³-hybridized carbons (Fsp3) is 0.167. The van der Waals surface area contributed by atoms with Gasteiger partial charge in [0.05, 0.1) is 0 Å². The van der Waals surface area contributed by atoms with Crippen LogP contribution in [0.1, 0.15) is 34.0 Å². The van der Waals surface area contributed by atoms with E-state index < -0.39 is 0 Å². The minimum Gasteiger partial charge on any atom is -0.326 e. The van der Waals surface area contributed by atoms with Crippen LogP contribution in [0.5, 0.6) is 0 Å². The molecule has 3 aromatic rings. The van der Waals surface area contributed by atoms with Crippen molar-refractivity contribution in [2.75, 3.05) is 11.1 Å². The highest BCUT2D eigenvalue weighted by atomic mass is 35.5. The first kappa shape index (κ1) is 23.7. The number of carbonyl (C=O) groups is 2. The molecular formula is C24H20Cl3NO2S. The molecule has 3 nitrogen and oxygen atoms in total. The van der Waals surface area contributed by atoms with Gasteiger partial charge in [-0.1, -0.05) is 46.9 Å². The van der Waals surface area contributed by atoms with E-state index in [2.05, 4.69) is 5.32 Å². The first-order valence-corrected chi connectivity index (χ1v) is 11.8. The fourth-order valence-corrected chi connectivity index (χ4v) is 4.51. The Labute approximate surface area is 201 Å². The third-order valence-corrected chi connectivity index (χ3v) is 6.59. The molecule has 0 spiro atoms. The Morgan fingerprint density at radius 1 is 0.774 bits per heavy atom. The molecule has 0 saturated carbocycles. The number of rotatable bonds is 9. The molecule has 1 unspecified atom stereocenters. The van der Waals surface area contributed by atoms with E-state index in [0.717, 1.165) is 5.56 Å². The zero-order valence-electron chi connectivity index (χ0n) is 16.5. The lowest BCUT2D eigenvalue weighted by atomic mass is 10.0. The molecule has 1 amide bonds. The normalized spacial score (nSPS) is 11.7. The van der Waals surface area contributed by atoms with Crippen molar-refractivity contribution in [2.24, 2.45) is 0 Å². The van der Waals surface area contributed by atoms with Crippen LogP contribution in [0.15, 0.2) is 72.8 Å². The van der Waals surface area contributed by atoms with Gasteiger partial charge in [0, 0.05) is 50.2 Å². The summed E-state index contributed by atoms with van der Waals surface area (Å²) in [6.07, 6.45) is 0.638. The zero-order chi connectivity index (χ0) is 22.2. The molecule has 31 heavy (non-hydrogen) atoms. The molecule has 1 atom stereocenters. The molecule has 3 aromatic carbocycles. The second kappa shape index (κ2) is 11.6. The van der Waals surface area contributed by atoms with E-state index in [1.807, 2.05) is 24.3 Å². The van der Waals surface area contributed by atoms with Gasteiger partial charge in [0.2, 0.25) is 5.91 Å². The molecule has 160 valence electrons. The predicted molar refractivity (Wildman–Crippen MR) is 132 cm³/mol. The Morgan fingerprint density at radius 2 is 1.29 bits per heavy atom. The summed E-state index contributed by atoms with van der Waals surface area (Å²) in [4.78, 5) is 25.1. The van der Waals surface area contributed by atoms with Crippen LogP contribution < -0.4 is 5.32 Å². The number of ketones is 1. The Balaban J connectivity index is 1.61. The first-order chi connectivity index (χ1) is 14.9. The number of hydrogen-bond donors (Lipinski definition) is 1. The second-order valence-corrected chi connectivity index (χ2v) is 9.47. The number of nitrogens with one attached hydrogen (secondary N) is 1. The van der Waals surface area contributed by atoms with Gasteiger partial charge in [-0.05, 0) is 66.2 Å². The number of benzene rings is 3. The van der Waals surface area contributed by atoms with E-state index >= 15 is 0 Å². The maximum atomic E-state index is 12.8. The van der Waals surface area contributed by atoms with Crippen LogP contribution in [-0.4, -0.2) is 17.4 Å². The molecule has 0 bridgehead atoms. The lowest BCUT2D eigenvalue weighted by Gasteiger charge is -2.17. The van der Waals surface area contributed by atoms with Gasteiger partial charge in [-0.25, -0.2) is 0 Å². The Morgan fingerprint density at radius 3 is 1.87 bits per heavy atom. The Kier molecular flexibility index (Phi) is 8.85. The van der Waals surface area contributed by atoms with Gasteiger partial charge in [-0.15, -0.1) is 0 Å². The number of halogens is 3. The summed E-state index contributed by atoms with van der Waals surface area (Å²) in [5.41, 5.74) is 2.31. The standard InChI is InChI=1S/C24H20Cl3NO2S/c25-18-5-1-16(2-6-18)22(29)15-23(17-3-7-19(26)8-4-17)31-14-13-24(30)28-21-11-9-20(27)10-12-21/h1-12,23H,13-15H2,(H,28,30). The molecule has 1 N–H and O–H groups in total. The number of amides is 1. The SMILES string of the molecule is O=C(CCSC(CC(=O)c1ccc(Cl)cc1)c1ccc(Cl)cc1)Nc1ccc(Cl)cc1. The Hall–Kier alpha value is -1.98. The monoisotopic (exact) mass is 491 g/mol. The van der Waals surface area contributed by atoms with Crippen LogP contribution in [0.3, 0.4) is 0 Å². The number of anilines is 1. The zero-order valence-corrected chi connectivity index (χ0v) is 19.6. The van der Waals surface area contributed by atoms with Gasteiger partial charge in [0.25, 0.3) is 0 Å². The summed E-state index contributed by atoms with van der Waals surface area (Å²) in [6, 6.07) is 21.3. The number of hydrogen-bond acceptors (Lipinski definition) is 3. The number of thioether (sulfide) groups is 1. The summed E-state index contributed by atoms with van der Waals surface area (Å²) in [6.45, 7) is 0. The minimum atomic E-state index is -0.0937. The first-order valence-electron chi connectivity index (χ1n) is 9.62. The van der Waals surface area contributed by atoms with Gasteiger partial charge in [-0.2, -0.15) is 11.8 Å². The van der Waals surface area contributed by atoms with Crippen molar-refractivity contribution in [3.8, 4) is 0 Å². The topological polar surface area (TPSA) is 46.2 Å². The highest BCUT2D eigenvalue weighted by Gasteiger charge is 2.18. The summed E-state index contributed by atoms with van der Waals surface area (Å²) in [5.74, 6) is 0.504. The summed E-state index contributed by atoms with van der Waals surface area (Å²) in [5, 5.41) is 4.60. The summed E-state index contributed by atoms with van der Waals surface area (Å²) in [7, 11) is 0. The fourth-order valence-electron chi connectivity index (χ4n) is 2.92. The highest BCUT2D eigenvalue weighted by Crippen LogP contribution is 2.34. The molecular weight excluding hydrogens is 473 g/mol. The lowest BCUT2D eigenvalue weighted by Crippen LogP contribution is -2.13. The number of carbonyl (C=O) groups excluding carboxylic acids is 2. The van der Waals surface area contributed by atoms with Gasteiger partial charge < -0.3 is 5.32 Å². The van der Waals surface area contributed by atoms with Crippen molar-refractivity contribution < 1.29 is 9.59 Å². The van der Waals surface area contributed by atoms with Crippen molar-refractivity contribution in [3.05, 3.63) is 99.0 Å². The maximum absolute atomic E-state index is 12.8. The summed E-state index contributed by atoms with van der Waals surface area (Å²) >= 11 is 19.4. The van der Waals surface area contributed by atoms with E-state index in [1.165, 1.54) is 0 Å². The second-order valence-electron chi connectivity index (χ2n) is 6.85. The molecule has 0 radical (unpaired) electrons. The van der Waals surface area contributed by atoms with Gasteiger partial charge in [0.15, 0.2) is 5.78 Å². The predicted octanol–water partition coefficient (Wildman–Crippen LogP) is 7.72. The van der Waals surface area contributed by atoms with Crippen molar-refractivity contribution in [1.82, 2.24) is 0 Å². The van der Waals surface area contributed by atoms with Gasteiger partial charge in [0.1, 0.15) is 0 Å². The van der Waals surface area contributed by atoms with Gasteiger partial charge >= 0.3 is 0 Å². The van der Waals surface area contributed by atoms with E-state index in [0.29, 0.717) is 44.9 Å². The van der Waals surface area contributed by atoms with E-state index in [1.54, 1.807) is 60.3 Å². The average molecular weight is 493 g/mol. The highest BCUT2D eigenvalue weighted by molar-refractivity contribution is 7.99. The molecule has 0 saturated heterocycles. The molecule has 3 rings (SSSR count). The largest absolute Gasteiger partial charge is 0.326 e. The summed E-state index contributed by atoms with van der Waals surface area (Å²) < 4.78 is 0. The molecule has 0 fully saturated rings. The third-order valence-electron chi connectivity index (χ3n) is 4.55.